The minimum absolute atomic E-state index is 0.263. The number of carbonyl (C=O) groups is 1. The molecule has 0 radical (unpaired) electrons. The molecule has 0 unspecified atom stereocenters. The highest BCUT2D eigenvalue weighted by Gasteiger charge is 2.19. The lowest BCUT2D eigenvalue weighted by Gasteiger charge is -2.31. The molecule has 1 N–H and O–H groups in total. The van der Waals surface area contributed by atoms with Crippen molar-refractivity contribution in [3.05, 3.63) is 65.7 Å². The Hall–Kier alpha value is -2.33. The number of piperidine rings is 1. The van der Waals surface area contributed by atoms with Crippen LogP contribution in [0.4, 0.5) is 0 Å². The van der Waals surface area contributed by atoms with Crippen molar-refractivity contribution in [1.29, 1.82) is 0 Å². The normalized spacial score (nSPS) is 15.8. The molecule has 0 saturated carbocycles. The number of hydrogen-bond acceptors (Lipinski definition) is 3. The summed E-state index contributed by atoms with van der Waals surface area (Å²) in [5.74, 6) is 0.469. The Morgan fingerprint density at radius 2 is 1.84 bits per heavy atom. The van der Waals surface area contributed by atoms with E-state index in [0.29, 0.717) is 12.4 Å². The summed E-state index contributed by atoms with van der Waals surface area (Å²) in [6.45, 7) is 3.69. The number of nitrogens with zero attached hydrogens (tertiary/aromatic N) is 1. The first-order valence-corrected chi connectivity index (χ1v) is 8.93. The predicted molar refractivity (Wildman–Crippen MR) is 98.2 cm³/mol. The maximum Gasteiger partial charge on any atom is 0.335 e. The van der Waals surface area contributed by atoms with E-state index in [0.717, 1.165) is 25.6 Å². The zero-order chi connectivity index (χ0) is 17.5. The van der Waals surface area contributed by atoms with Crippen LogP contribution in [0.2, 0.25) is 0 Å². The molecule has 2 aromatic carbocycles. The molecule has 0 aliphatic carbocycles. The number of rotatable bonds is 7. The molecule has 0 bridgehead atoms. The minimum Gasteiger partial charge on any atom is -0.492 e. The summed E-state index contributed by atoms with van der Waals surface area (Å²) < 4.78 is 5.72. The fourth-order valence-electron chi connectivity index (χ4n) is 3.37. The third kappa shape index (κ3) is 5.33. The van der Waals surface area contributed by atoms with Gasteiger partial charge in [-0.2, -0.15) is 0 Å². The van der Waals surface area contributed by atoms with Gasteiger partial charge in [0, 0.05) is 6.54 Å². The molecule has 0 amide bonds. The van der Waals surface area contributed by atoms with Gasteiger partial charge in [-0.3, -0.25) is 4.90 Å². The Labute approximate surface area is 149 Å². The molecular weight excluding hydrogens is 314 g/mol. The fourth-order valence-corrected chi connectivity index (χ4v) is 3.37. The largest absolute Gasteiger partial charge is 0.492 e. The van der Waals surface area contributed by atoms with Crippen LogP contribution < -0.4 is 4.74 Å². The van der Waals surface area contributed by atoms with E-state index in [1.165, 1.54) is 24.8 Å². The molecule has 0 atom stereocenters. The standard InChI is InChI=1S/C21H25NO3/c23-21(24)19-7-4-8-20(16-19)25-14-13-22-11-9-18(10-12-22)15-17-5-2-1-3-6-17/h1-8,16,18H,9-15H2,(H,23,24). The van der Waals surface area contributed by atoms with Gasteiger partial charge in [0.05, 0.1) is 5.56 Å². The average Bonchev–Trinajstić information content (AvgIpc) is 2.64. The van der Waals surface area contributed by atoms with E-state index in [1.54, 1.807) is 24.3 Å². The zero-order valence-electron chi connectivity index (χ0n) is 14.4. The zero-order valence-corrected chi connectivity index (χ0v) is 14.4. The van der Waals surface area contributed by atoms with Crippen molar-refractivity contribution in [2.24, 2.45) is 5.92 Å². The molecule has 1 saturated heterocycles. The number of carboxylic acids is 1. The smallest absolute Gasteiger partial charge is 0.335 e. The number of carboxylic acid groups (broad SMARTS) is 1. The first kappa shape index (κ1) is 17.5. The molecule has 4 nitrogen and oxygen atoms in total. The van der Waals surface area contributed by atoms with Gasteiger partial charge in [-0.15, -0.1) is 0 Å². The summed E-state index contributed by atoms with van der Waals surface area (Å²) in [6.07, 6.45) is 3.62. The Bertz CT molecular complexity index is 679. The molecule has 1 fully saturated rings. The lowest BCUT2D eigenvalue weighted by atomic mass is 9.90. The van der Waals surface area contributed by atoms with E-state index in [-0.39, 0.29) is 5.56 Å². The van der Waals surface area contributed by atoms with Gasteiger partial charge in [0.25, 0.3) is 0 Å². The van der Waals surface area contributed by atoms with Gasteiger partial charge in [-0.25, -0.2) is 4.79 Å². The van der Waals surface area contributed by atoms with E-state index < -0.39 is 5.97 Å². The van der Waals surface area contributed by atoms with Crippen LogP contribution in [0, 0.1) is 5.92 Å². The van der Waals surface area contributed by atoms with Crippen LogP contribution in [0.5, 0.6) is 5.75 Å². The third-order valence-electron chi connectivity index (χ3n) is 4.83. The summed E-state index contributed by atoms with van der Waals surface area (Å²) in [4.78, 5) is 13.4. The van der Waals surface area contributed by atoms with Gasteiger partial charge in [0.1, 0.15) is 12.4 Å². The monoisotopic (exact) mass is 339 g/mol. The molecule has 0 spiro atoms. The maximum atomic E-state index is 11.0. The van der Waals surface area contributed by atoms with E-state index in [2.05, 4.69) is 35.2 Å². The number of benzene rings is 2. The first-order chi connectivity index (χ1) is 12.2. The van der Waals surface area contributed by atoms with Crippen LogP contribution in [0.3, 0.4) is 0 Å². The van der Waals surface area contributed by atoms with Crippen LogP contribution in [-0.4, -0.2) is 42.2 Å². The Morgan fingerprint density at radius 1 is 1.08 bits per heavy atom. The van der Waals surface area contributed by atoms with Gasteiger partial charge < -0.3 is 9.84 Å². The maximum absolute atomic E-state index is 11.0. The summed E-state index contributed by atoms with van der Waals surface area (Å²) in [5.41, 5.74) is 1.70. The molecule has 2 aromatic rings. The van der Waals surface area contributed by atoms with Crippen LogP contribution >= 0.6 is 0 Å². The van der Waals surface area contributed by atoms with Gasteiger partial charge in [0.2, 0.25) is 0 Å². The van der Waals surface area contributed by atoms with Crippen molar-refractivity contribution >= 4 is 5.97 Å². The van der Waals surface area contributed by atoms with Crippen molar-refractivity contribution < 1.29 is 14.6 Å². The van der Waals surface area contributed by atoms with E-state index >= 15 is 0 Å². The number of ether oxygens (including phenoxy) is 1. The van der Waals surface area contributed by atoms with Crippen molar-refractivity contribution in [2.45, 2.75) is 19.3 Å². The second-order valence-electron chi connectivity index (χ2n) is 6.66. The molecule has 25 heavy (non-hydrogen) atoms. The highest BCUT2D eigenvalue weighted by atomic mass is 16.5. The fraction of sp³-hybridized carbons (Fsp3) is 0.381. The first-order valence-electron chi connectivity index (χ1n) is 8.93. The average molecular weight is 339 g/mol. The quantitative estimate of drug-likeness (QED) is 0.835. The Kier molecular flexibility index (Phi) is 6.07. The molecule has 0 aromatic heterocycles. The summed E-state index contributed by atoms with van der Waals surface area (Å²) in [5, 5.41) is 9.01. The van der Waals surface area contributed by atoms with Gasteiger partial charge >= 0.3 is 5.97 Å². The van der Waals surface area contributed by atoms with Crippen LogP contribution in [0.15, 0.2) is 54.6 Å². The van der Waals surface area contributed by atoms with Crippen molar-refractivity contribution in [3.63, 3.8) is 0 Å². The van der Waals surface area contributed by atoms with E-state index in [9.17, 15) is 4.79 Å². The van der Waals surface area contributed by atoms with E-state index in [4.69, 9.17) is 9.84 Å². The Morgan fingerprint density at radius 3 is 2.56 bits per heavy atom. The third-order valence-corrected chi connectivity index (χ3v) is 4.83. The van der Waals surface area contributed by atoms with Crippen LogP contribution in [0.25, 0.3) is 0 Å². The minimum atomic E-state index is -0.925. The van der Waals surface area contributed by atoms with Crippen molar-refractivity contribution in [3.8, 4) is 5.75 Å². The second-order valence-corrected chi connectivity index (χ2v) is 6.66. The van der Waals surface area contributed by atoms with E-state index in [1.807, 2.05) is 0 Å². The van der Waals surface area contributed by atoms with Crippen molar-refractivity contribution in [1.82, 2.24) is 4.90 Å². The molecule has 4 heteroatoms. The van der Waals surface area contributed by atoms with Crippen LogP contribution in [0.1, 0.15) is 28.8 Å². The van der Waals surface area contributed by atoms with Gasteiger partial charge in [-0.1, -0.05) is 36.4 Å². The topological polar surface area (TPSA) is 49.8 Å². The second kappa shape index (κ2) is 8.67. The highest BCUT2D eigenvalue weighted by molar-refractivity contribution is 5.87. The number of likely N-dealkylation sites (tertiary alicyclic amines) is 1. The Balaban J connectivity index is 1.38. The molecular formula is C21H25NO3. The van der Waals surface area contributed by atoms with Gasteiger partial charge in [0.15, 0.2) is 0 Å². The van der Waals surface area contributed by atoms with Crippen LogP contribution in [-0.2, 0) is 6.42 Å². The summed E-state index contributed by atoms with van der Waals surface area (Å²) in [6, 6.07) is 17.4. The lowest BCUT2D eigenvalue weighted by Crippen LogP contribution is -2.37. The van der Waals surface area contributed by atoms with Gasteiger partial charge in [-0.05, 0) is 62.0 Å². The SMILES string of the molecule is O=C(O)c1cccc(OCCN2CCC(Cc3ccccc3)CC2)c1. The predicted octanol–water partition coefficient (Wildman–Crippen LogP) is 3.72. The summed E-state index contributed by atoms with van der Waals surface area (Å²) >= 11 is 0. The summed E-state index contributed by atoms with van der Waals surface area (Å²) in [7, 11) is 0. The molecule has 1 aliphatic heterocycles. The number of hydrogen-bond donors (Lipinski definition) is 1. The van der Waals surface area contributed by atoms with Crippen molar-refractivity contribution in [2.75, 3.05) is 26.2 Å². The molecule has 3 rings (SSSR count). The molecule has 1 aliphatic rings. The highest BCUT2D eigenvalue weighted by Crippen LogP contribution is 2.21. The molecule has 132 valence electrons. The molecule has 1 heterocycles. The lowest BCUT2D eigenvalue weighted by molar-refractivity contribution is 0.0696. The number of aromatic carboxylic acids is 1.